The second-order valence-electron chi connectivity index (χ2n) is 5.44. The SMILES string of the molecule is O=C(O)c1cccc(S(=O)(=O)NC2(CO)CCCCC2)c1. The van der Waals surface area contributed by atoms with Crippen LogP contribution in [-0.4, -0.2) is 36.7 Å². The highest BCUT2D eigenvalue weighted by atomic mass is 32.2. The second kappa shape index (κ2) is 6.13. The van der Waals surface area contributed by atoms with Crippen molar-refractivity contribution < 1.29 is 23.4 Å². The number of carboxylic acids is 1. The first-order chi connectivity index (χ1) is 9.88. The van der Waals surface area contributed by atoms with Gasteiger partial charge in [0.05, 0.1) is 22.6 Å². The summed E-state index contributed by atoms with van der Waals surface area (Å²) >= 11 is 0. The number of aliphatic hydroxyl groups is 1. The van der Waals surface area contributed by atoms with Gasteiger partial charge in [-0.25, -0.2) is 17.9 Å². The Bertz CT molecular complexity index is 620. The number of aliphatic hydroxyl groups excluding tert-OH is 1. The molecule has 1 fully saturated rings. The third kappa shape index (κ3) is 3.61. The average Bonchev–Trinajstić information content (AvgIpc) is 2.48. The van der Waals surface area contributed by atoms with Crippen LogP contribution in [0.15, 0.2) is 29.2 Å². The van der Waals surface area contributed by atoms with Gasteiger partial charge in [-0.1, -0.05) is 25.3 Å². The number of carboxylic acid groups (broad SMARTS) is 1. The smallest absolute Gasteiger partial charge is 0.335 e. The Morgan fingerprint density at radius 2 is 1.90 bits per heavy atom. The molecule has 1 saturated carbocycles. The summed E-state index contributed by atoms with van der Waals surface area (Å²) in [5.74, 6) is -1.18. The fourth-order valence-corrected chi connectivity index (χ4v) is 4.16. The number of nitrogens with one attached hydrogen (secondary N) is 1. The first-order valence-electron chi connectivity index (χ1n) is 6.87. The molecule has 6 nitrogen and oxygen atoms in total. The van der Waals surface area contributed by atoms with Crippen molar-refractivity contribution in [3.8, 4) is 0 Å². The Morgan fingerprint density at radius 3 is 2.48 bits per heavy atom. The van der Waals surface area contributed by atoms with Crippen LogP contribution < -0.4 is 4.72 Å². The van der Waals surface area contributed by atoms with Crippen molar-refractivity contribution in [1.29, 1.82) is 0 Å². The first kappa shape index (κ1) is 15.9. The lowest BCUT2D eigenvalue weighted by Crippen LogP contribution is -2.52. The van der Waals surface area contributed by atoms with Gasteiger partial charge in [0.25, 0.3) is 0 Å². The predicted octanol–water partition coefficient (Wildman–Crippen LogP) is 1.36. The van der Waals surface area contributed by atoms with Crippen LogP contribution in [0.25, 0.3) is 0 Å². The minimum Gasteiger partial charge on any atom is -0.478 e. The topological polar surface area (TPSA) is 104 Å². The largest absolute Gasteiger partial charge is 0.478 e. The van der Waals surface area contributed by atoms with Crippen molar-refractivity contribution in [2.45, 2.75) is 42.5 Å². The van der Waals surface area contributed by atoms with Gasteiger partial charge in [0, 0.05) is 0 Å². The number of sulfonamides is 1. The molecule has 0 unspecified atom stereocenters. The molecule has 1 aromatic rings. The number of carbonyl (C=O) groups is 1. The molecule has 3 N–H and O–H groups in total. The molecule has 0 saturated heterocycles. The van der Waals surface area contributed by atoms with E-state index in [9.17, 15) is 18.3 Å². The minimum absolute atomic E-state index is 0.0837. The van der Waals surface area contributed by atoms with Gasteiger partial charge in [-0.15, -0.1) is 0 Å². The molecule has 1 aromatic carbocycles. The quantitative estimate of drug-likeness (QED) is 0.761. The number of aromatic carboxylic acids is 1. The molecule has 0 aliphatic heterocycles. The Labute approximate surface area is 123 Å². The molecule has 0 bridgehead atoms. The summed E-state index contributed by atoms with van der Waals surface area (Å²) in [5.41, 5.74) is -0.921. The van der Waals surface area contributed by atoms with Crippen molar-refractivity contribution in [2.75, 3.05) is 6.61 Å². The van der Waals surface area contributed by atoms with E-state index in [0.29, 0.717) is 12.8 Å². The van der Waals surface area contributed by atoms with Crippen LogP contribution in [0.5, 0.6) is 0 Å². The average molecular weight is 313 g/mol. The van der Waals surface area contributed by atoms with Crippen LogP contribution in [0.2, 0.25) is 0 Å². The summed E-state index contributed by atoms with van der Waals surface area (Å²) in [6.07, 6.45) is 3.91. The monoisotopic (exact) mass is 313 g/mol. The van der Waals surface area contributed by atoms with Gasteiger partial charge in [0.15, 0.2) is 0 Å². The zero-order valence-corrected chi connectivity index (χ0v) is 12.4. The van der Waals surface area contributed by atoms with Gasteiger partial charge in [0.2, 0.25) is 10.0 Å². The van der Waals surface area contributed by atoms with Crippen molar-refractivity contribution in [3.05, 3.63) is 29.8 Å². The highest BCUT2D eigenvalue weighted by molar-refractivity contribution is 7.89. The van der Waals surface area contributed by atoms with Crippen LogP contribution in [0.3, 0.4) is 0 Å². The van der Waals surface area contributed by atoms with E-state index >= 15 is 0 Å². The highest BCUT2D eigenvalue weighted by Gasteiger charge is 2.36. The summed E-state index contributed by atoms with van der Waals surface area (Å²) < 4.78 is 27.4. The maximum Gasteiger partial charge on any atom is 0.335 e. The van der Waals surface area contributed by atoms with Gasteiger partial charge in [0.1, 0.15) is 0 Å². The lowest BCUT2D eigenvalue weighted by Gasteiger charge is -2.36. The standard InChI is InChI=1S/C14H19NO5S/c16-10-14(7-2-1-3-8-14)15-21(19,20)12-6-4-5-11(9-12)13(17)18/h4-6,9,15-16H,1-3,7-8,10H2,(H,17,18). The van der Waals surface area contributed by atoms with E-state index in [1.165, 1.54) is 18.2 Å². The Hall–Kier alpha value is -1.44. The van der Waals surface area contributed by atoms with Crippen LogP contribution >= 0.6 is 0 Å². The van der Waals surface area contributed by atoms with Crippen molar-refractivity contribution in [2.24, 2.45) is 0 Å². The third-order valence-electron chi connectivity index (χ3n) is 3.86. The van der Waals surface area contributed by atoms with E-state index in [-0.39, 0.29) is 17.1 Å². The van der Waals surface area contributed by atoms with Gasteiger partial charge < -0.3 is 10.2 Å². The van der Waals surface area contributed by atoms with Crippen molar-refractivity contribution >= 4 is 16.0 Å². The summed E-state index contributed by atoms with van der Waals surface area (Å²) in [6, 6.07) is 5.20. The van der Waals surface area contributed by atoms with E-state index in [4.69, 9.17) is 5.11 Å². The summed E-state index contributed by atoms with van der Waals surface area (Å²) in [6.45, 7) is -0.259. The van der Waals surface area contributed by atoms with E-state index in [1.807, 2.05) is 0 Å². The molecule has 1 aliphatic rings. The zero-order chi connectivity index (χ0) is 15.5. The number of benzene rings is 1. The Morgan fingerprint density at radius 1 is 1.24 bits per heavy atom. The maximum absolute atomic E-state index is 12.4. The fourth-order valence-electron chi connectivity index (χ4n) is 2.66. The molecule has 0 radical (unpaired) electrons. The summed E-state index contributed by atoms with van der Waals surface area (Å²) in [4.78, 5) is 10.8. The molecule has 2 rings (SSSR count). The van der Waals surface area contributed by atoms with E-state index in [0.717, 1.165) is 25.3 Å². The lowest BCUT2D eigenvalue weighted by molar-refractivity contribution is 0.0696. The van der Waals surface area contributed by atoms with Crippen LogP contribution in [0.4, 0.5) is 0 Å². The molecular formula is C14H19NO5S. The zero-order valence-electron chi connectivity index (χ0n) is 11.6. The van der Waals surface area contributed by atoms with Gasteiger partial charge >= 0.3 is 5.97 Å². The molecule has 0 spiro atoms. The second-order valence-corrected chi connectivity index (χ2v) is 7.12. The first-order valence-corrected chi connectivity index (χ1v) is 8.35. The predicted molar refractivity (Wildman–Crippen MR) is 76.6 cm³/mol. The van der Waals surface area contributed by atoms with E-state index in [1.54, 1.807) is 0 Å². The van der Waals surface area contributed by atoms with Crippen LogP contribution in [0, 0.1) is 0 Å². The molecule has 7 heteroatoms. The molecule has 116 valence electrons. The third-order valence-corrected chi connectivity index (χ3v) is 5.43. The summed E-state index contributed by atoms with van der Waals surface area (Å²) in [7, 11) is -3.86. The number of hydrogen-bond acceptors (Lipinski definition) is 4. The van der Waals surface area contributed by atoms with Crippen molar-refractivity contribution in [1.82, 2.24) is 4.72 Å². The lowest BCUT2D eigenvalue weighted by atomic mass is 9.83. The molecular weight excluding hydrogens is 294 g/mol. The van der Waals surface area contributed by atoms with E-state index < -0.39 is 21.5 Å². The maximum atomic E-state index is 12.4. The molecule has 0 amide bonds. The van der Waals surface area contributed by atoms with Gasteiger partial charge in [-0.3, -0.25) is 0 Å². The molecule has 1 aliphatic carbocycles. The molecule has 0 heterocycles. The van der Waals surface area contributed by atoms with E-state index in [2.05, 4.69) is 4.72 Å². The number of hydrogen-bond donors (Lipinski definition) is 3. The molecule has 0 atom stereocenters. The molecule has 0 aromatic heterocycles. The highest BCUT2D eigenvalue weighted by Crippen LogP contribution is 2.29. The van der Waals surface area contributed by atoms with Crippen molar-refractivity contribution in [3.63, 3.8) is 0 Å². The van der Waals surface area contributed by atoms with Crippen LogP contribution in [-0.2, 0) is 10.0 Å². The number of rotatable bonds is 5. The normalized spacial score (nSPS) is 18.3. The van der Waals surface area contributed by atoms with Gasteiger partial charge in [-0.2, -0.15) is 0 Å². The Balaban J connectivity index is 2.29. The Kier molecular flexibility index (Phi) is 4.65. The minimum atomic E-state index is -3.86. The molecule has 21 heavy (non-hydrogen) atoms. The van der Waals surface area contributed by atoms with Gasteiger partial charge in [-0.05, 0) is 31.0 Å². The van der Waals surface area contributed by atoms with Crippen LogP contribution in [0.1, 0.15) is 42.5 Å². The summed E-state index contributed by atoms with van der Waals surface area (Å²) in [5, 5.41) is 18.5. The fraction of sp³-hybridized carbons (Fsp3) is 0.500.